The average Bonchev–Trinajstić information content (AvgIpc) is 0.819. The van der Waals surface area contributed by atoms with E-state index in [-0.39, 0.29) is 81.0 Å². The molecular weight excluding hydrogens is 1340 g/mol. The number of methoxy groups -OCH3 is 2. The van der Waals surface area contributed by atoms with E-state index in [4.69, 9.17) is 23.8 Å². The van der Waals surface area contributed by atoms with E-state index in [1.54, 1.807) is 53.0 Å². The number of ether oxygens (including phenoxy) is 4. The van der Waals surface area contributed by atoms with Gasteiger partial charge in [0.05, 0.1) is 79.8 Å². The summed E-state index contributed by atoms with van der Waals surface area (Å²) < 4.78 is 84.0. The van der Waals surface area contributed by atoms with Crippen molar-refractivity contribution in [1.29, 1.82) is 0 Å². The zero-order valence-electron chi connectivity index (χ0n) is 56.0. The van der Waals surface area contributed by atoms with Gasteiger partial charge in [0.25, 0.3) is 37.8 Å². The fraction of sp³-hybridized carbons (Fsp3) is 0.379. The summed E-state index contributed by atoms with van der Waals surface area (Å²) in [7, 11) is -5.68. The van der Waals surface area contributed by atoms with Crippen molar-refractivity contribution >= 4 is 95.5 Å². The summed E-state index contributed by atoms with van der Waals surface area (Å²) >= 11 is 0. The molecule has 4 heterocycles. The van der Waals surface area contributed by atoms with Crippen LogP contribution < -0.4 is 81.8 Å². The first-order valence-electron chi connectivity index (χ1n) is 32.2. The predicted octanol–water partition coefficient (Wildman–Crippen LogP) is 1.57. The molecule has 4 aromatic carbocycles. The minimum absolute atomic E-state index is 0.100. The molecule has 0 atom stereocenters. The minimum Gasteiger partial charge on any atom is -0.494 e. The smallest absolute Gasteiger partial charge is 0.327 e. The van der Waals surface area contributed by atoms with Crippen LogP contribution in [-0.2, 0) is 82.8 Å². The maximum absolute atomic E-state index is 13.6. The van der Waals surface area contributed by atoms with Gasteiger partial charge in [0.1, 0.15) is 17.1 Å². The number of rotatable bonds is 35. The Morgan fingerprint density at radius 1 is 0.500 bits per heavy atom. The van der Waals surface area contributed by atoms with Crippen molar-refractivity contribution in [2.45, 2.75) is 69.0 Å². The van der Waals surface area contributed by atoms with Crippen LogP contribution >= 0.6 is 0 Å². The lowest BCUT2D eigenvalue weighted by Crippen LogP contribution is -2.43. The molecule has 2 aliphatic rings. The number of carbonyl (C=O) groups excluding carboxylic acids is 7. The van der Waals surface area contributed by atoms with Gasteiger partial charge in [-0.1, -0.05) is 12.1 Å². The summed E-state index contributed by atoms with van der Waals surface area (Å²) in [6, 6.07) is 23.6. The van der Waals surface area contributed by atoms with Gasteiger partial charge < -0.3 is 45.5 Å². The molecular formula is C66H86N16O16S2+2. The summed E-state index contributed by atoms with van der Waals surface area (Å²) in [5, 5.41) is 13.6. The fourth-order valence-corrected chi connectivity index (χ4v) is 12.6. The van der Waals surface area contributed by atoms with Crippen molar-refractivity contribution in [3.63, 3.8) is 0 Å². The number of pyridine rings is 2. The highest BCUT2D eigenvalue weighted by Gasteiger charge is 2.23. The lowest BCUT2D eigenvalue weighted by atomic mass is 10.2. The molecule has 0 unspecified atom stereocenters. The average molecular weight is 1420 g/mol. The van der Waals surface area contributed by atoms with Gasteiger partial charge in [0, 0.05) is 92.6 Å². The molecule has 6 aromatic rings. The van der Waals surface area contributed by atoms with Crippen LogP contribution in [0.15, 0.2) is 132 Å². The lowest BCUT2D eigenvalue weighted by molar-refractivity contribution is -0.684. The summed E-state index contributed by atoms with van der Waals surface area (Å²) in [6.45, 7) is 12.4. The number of morpholine rings is 2. The molecule has 0 spiro atoms. The van der Waals surface area contributed by atoms with Gasteiger partial charge in [0.15, 0.2) is 24.8 Å². The van der Waals surface area contributed by atoms with E-state index in [2.05, 4.69) is 73.0 Å². The number of nitrogens with one attached hydrogen (secondary N) is 12. The highest BCUT2D eigenvalue weighted by molar-refractivity contribution is 7.93. The van der Waals surface area contributed by atoms with Gasteiger partial charge in [-0.05, 0) is 125 Å². The van der Waals surface area contributed by atoms with Gasteiger partial charge in [-0.3, -0.25) is 79.3 Å². The van der Waals surface area contributed by atoms with Crippen LogP contribution in [0.25, 0.3) is 0 Å². The molecule has 2 aliphatic heterocycles. The van der Waals surface area contributed by atoms with Crippen molar-refractivity contribution < 1.29 is 83.3 Å². The maximum atomic E-state index is 13.6. The fourth-order valence-electron chi connectivity index (χ4n) is 10.4. The van der Waals surface area contributed by atoms with Crippen LogP contribution in [-0.4, -0.2) is 174 Å². The molecule has 0 saturated carbocycles. The van der Waals surface area contributed by atoms with Crippen LogP contribution in [0, 0.1) is 13.8 Å². The molecule has 0 bridgehead atoms. The Labute approximate surface area is 579 Å². The number of hydrazine groups is 2. The molecule has 0 radical (unpaired) electrons. The normalized spacial score (nSPS) is 13.4. The number of amides is 7. The largest absolute Gasteiger partial charge is 0.494 e. The zero-order chi connectivity index (χ0) is 71.4. The Bertz CT molecular complexity index is 4080. The first-order chi connectivity index (χ1) is 48.1. The van der Waals surface area contributed by atoms with Crippen molar-refractivity contribution in [2.24, 2.45) is 0 Å². The number of nitrogens with zero attached hydrogens (tertiary/aromatic N) is 4. The molecule has 2 saturated heterocycles. The number of sulfonamides is 2. The van der Waals surface area contributed by atoms with Gasteiger partial charge in [0.2, 0.25) is 13.1 Å². The number of hydrogen-bond acceptors (Lipinski definition) is 21. The minimum atomic E-state index is -4.20. The third-order valence-electron chi connectivity index (χ3n) is 15.3. The Morgan fingerprint density at radius 2 is 0.960 bits per heavy atom. The summed E-state index contributed by atoms with van der Waals surface area (Å²) in [5.41, 5.74) is 16.7. The first-order valence-corrected chi connectivity index (χ1v) is 35.2. The lowest BCUT2D eigenvalue weighted by Gasteiger charge is -2.26. The summed E-state index contributed by atoms with van der Waals surface area (Å²) in [4.78, 5) is 99.4. The molecule has 12 N–H and O–H groups in total. The Morgan fingerprint density at radius 3 is 1.45 bits per heavy atom. The summed E-state index contributed by atoms with van der Waals surface area (Å²) in [6.07, 6.45) is 9.36. The second-order valence-electron chi connectivity index (χ2n) is 23.3. The molecule has 100 heavy (non-hydrogen) atoms. The molecule has 2 aromatic heterocycles. The molecule has 536 valence electrons. The predicted molar refractivity (Wildman–Crippen MR) is 368 cm³/mol. The SMILES string of the molecule is COc1cc(NS(=O)(=O)c2cccc(NC(=O)C[n+]3cc(C)cc(CONCCCCNC(=O)c4cc(C)c[n+](CC(=O)Nc5cccc(S(=O)(=O)Nc6ccc(NNC(=O)C(=O)NCCCN7CCOCC7)c(OC)c6)c5)c4)c3)c2)ccc1NNC(=O)C(=O)NCCCN1CCOCC1. The molecule has 2 fully saturated rings. The van der Waals surface area contributed by atoms with Crippen LogP contribution in [0.5, 0.6) is 11.5 Å². The molecule has 0 aliphatic carbocycles. The Kier molecular flexibility index (Phi) is 28.6. The van der Waals surface area contributed by atoms with Crippen molar-refractivity contribution in [2.75, 3.05) is 137 Å². The van der Waals surface area contributed by atoms with Gasteiger partial charge in [-0.25, -0.2) is 22.3 Å². The quantitative estimate of drug-likeness (QED) is 0.0116. The Balaban J connectivity index is 0.708. The maximum Gasteiger partial charge on any atom is 0.327 e. The van der Waals surface area contributed by atoms with Crippen LogP contribution in [0.4, 0.5) is 34.1 Å². The zero-order valence-corrected chi connectivity index (χ0v) is 57.7. The van der Waals surface area contributed by atoms with Gasteiger partial charge in [-0.2, -0.15) is 9.13 Å². The van der Waals surface area contributed by atoms with Crippen molar-refractivity contribution in [3.8, 4) is 11.5 Å². The van der Waals surface area contributed by atoms with Crippen LogP contribution in [0.1, 0.15) is 52.7 Å². The molecule has 32 nitrogen and oxygen atoms in total. The van der Waals surface area contributed by atoms with Gasteiger partial charge >= 0.3 is 23.6 Å². The van der Waals surface area contributed by atoms with Gasteiger partial charge in [-0.15, -0.1) is 0 Å². The Hall–Kier alpha value is -10.1. The number of benzene rings is 4. The standard InChI is InChI=1S/C66H84N16O16S2/c1-46-33-48(41-81(39-46)43-60(83)71-50-11-7-13-54(35-50)99(90,91)77-52-15-17-56(58(37-52)94-3)73-75-65(88)63(86)68-20-9-23-79-25-29-96-30-26-79)45-98-70-22-6-5-19-67-62(85)49-34-47(2)40-82(42-49)44-61(84)72-51-12-8-14-55(36-51)100(92,93)78-53-16-18-57(59(38-53)95-4)74-76-66(89)64(87)69-21-10-24-80-27-31-97-32-28-80/h7-8,11-18,33-42,70H,5-6,9-10,19-32,43-45H2,1-4H3,(H9-2,67,68,69,71,72,73,74,75,76,77,78,83,84,85,86,87,88,89)/p+2. The third-order valence-corrected chi connectivity index (χ3v) is 18.1. The third kappa shape index (κ3) is 24.4. The number of anilines is 6. The highest BCUT2D eigenvalue weighted by Crippen LogP contribution is 2.31. The first kappa shape index (κ1) is 75.7. The number of hydroxylamine groups is 1. The van der Waals surface area contributed by atoms with E-state index in [1.807, 2.05) is 13.0 Å². The monoisotopic (exact) mass is 1420 g/mol. The van der Waals surface area contributed by atoms with Crippen LogP contribution in [0.2, 0.25) is 0 Å². The molecule has 7 amide bonds. The van der Waals surface area contributed by atoms with Crippen molar-refractivity contribution in [3.05, 3.63) is 144 Å². The van der Waals surface area contributed by atoms with E-state index in [1.165, 1.54) is 93.1 Å². The topological polar surface area (TPSA) is 393 Å². The molecule has 34 heteroatoms. The van der Waals surface area contributed by atoms with E-state index in [9.17, 15) is 50.4 Å². The summed E-state index contributed by atoms with van der Waals surface area (Å²) in [5.74, 6) is -4.46. The van der Waals surface area contributed by atoms with E-state index in [0.29, 0.717) is 89.4 Å². The number of aryl methyl sites for hydroxylation is 2. The van der Waals surface area contributed by atoms with E-state index in [0.717, 1.165) is 50.4 Å². The van der Waals surface area contributed by atoms with Crippen LogP contribution in [0.3, 0.4) is 0 Å². The van der Waals surface area contributed by atoms with E-state index < -0.39 is 55.5 Å². The van der Waals surface area contributed by atoms with Crippen molar-refractivity contribution in [1.82, 2.24) is 42.1 Å². The van der Waals surface area contributed by atoms with E-state index >= 15 is 0 Å². The second-order valence-corrected chi connectivity index (χ2v) is 26.7. The number of carbonyl (C=O) groups is 7. The number of unbranched alkanes of at least 4 members (excludes halogenated alkanes) is 1. The highest BCUT2D eigenvalue weighted by atomic mass is 32.2. The number of aromatic nitrogens is 2. The molecule has 8 rings (SSSR count). The number of hydrogen-bond donors (Lipinski definition) is 12. The second kappa shape index (κ2) is 37.8.